The van der Waals surface area contributed by atoms with Crippen LogP contribution in [0, 0.1) is 15.9 Å². The summed E-state index contributed by atoms with van der Waals surface area (Å²) < 4.78 is 17.9. The van der Waals surface area contributed by atoms with Crippen molar-refractivity contribution in [1.29, 1.82) is 0 Å². The molecular weight excluding hydrogens is 285 g/mol. The van der Waals surface area contributed by atoms with Crippen molar-refractivity contribution in [2.45, 2.75) is 6.92 Å². The number of nitro benzene ring substituents is 1. The summed E-state index contributed by atoms with van der Waals surface area (Å²) in [6.07, 6.45) is 0. The number of nitro groups is 1. The minimum Gasteiger partial charge on any atom is -0.462 e. The van der Waals surface area contributed by atoms with Gasteiger partial charge in [0.15, 0.2) is 0 Å². The average molecular weight is 292 g/mol. The Hall–Kier alpha value is -1.50. The van der Waals surface area contributed by atoms with Gasteiger partial charge in [0.05, 0.1) is 16.0 Å². The first kappa shape index (κ1) is 12.6. The van der Waals surface area contributed by atoms with Crippen LogP contribution in [0.3, 0.4) is 0 Å². The molecule has 0 aliphatic heterocycles. The summed E-state index contributed by atoms with van der Waals surface area (Å²) in [4.78, 5) is 21.0. The first-order valence-corrected chi connectivity index (χ1v) is 5.07. The summed E-state index contributed by atoms with van der Waals surface area (Å²) in [5, 5.41) is 10.6. The minimum atomic E-state index is -1.09. The van der Waals surface area contributed by atoms with E-state index in [2.05, 4.69) is 20.7 Å². The summed E-state index contributed by atoms with van der Waals surface area (Å²) in [6.45, 7) is 1.62. The summed E-state index contributed by atoms with van der Waals surface area (Å²) in [5.41, 5.74) is -1.28. The van der Waals surface area contributed by atoms with E-state index in [1.165, 1.54) is 6.07 Å². The maximum atomic E-state index is 13.4. The maximum Gasteiger partial charge on any atom is 0.345 e. The number of carbonyl (C=O) groups is 1. The number of hydrogen-bond acceptors (Lipinski definition) is 4. The van der Waals surface area contributed by atoms with E-state index in [4.69, 9.17) is 0 Å². The smallest absolute Gasteiger partial charge is 0.345 e. The second-order valence-corrected chi connectivity index (χ2v) is 3.59. The van der Waals surface area contributed by atoms with E-state index in [9.17, 15) is 19.3 Å². The van der Waals surface area contributed by atoms with Crippen LogP contribution in [-0.2, 0) is 4.74 Å². The third-order valence-electron chi connectivity index (χ3n) is 1.75. The van der Waals surface area contributed by atoms with Crippen LogP contribution in [0.4, 0.5) is 10.1 Å². The van der Waals surface area contributed by atoms with Gasteiger partial charge in [-0.05, 0) is 35.0 Å². The van der Waals surface area contributed by atoms with Crippen molar-refractivity contribution in [3.05, 3.63) is 38.1 Å². The van der Waals surface area contributed by atoms with E-state index < -0.39 is 28.0 Å². The van der Waals surface area contributed by atoms with E-state index in [0.717, 1.165) is 6.07 Å². The number of rotatable bonds is 3. The van der Waals surface area contributed by atoms with Crippen LogP contribution in [0.25, 0.3) is 0 Å². The second-order valence-electron chi connectivity index (χ2n) is 2.74. The Morgan fingerprint density at radius 1 is 1.62 bits per heavy atom. The minimum absolute atomic E-state index is 0.0632. The zero-order valence-electron chi connectivity index (χ0n) is 8.20. The molecule has 0 aromatic heterocycles. The fourth-order valence-corrected chi connectivity index (χ4v) is 1.41. The molecule has 0 N–H and O–H groups in total. The van der Waals surface area contributed by atoms with Crippen LogP contribution in [0.5, 0.6) is 0 Å². The summed E-state index contributed by atoms with van der Waals surface area (Å²) in [5.74, 6) is -2.00. The van der Waals surface area contributed by atoms with E-state index >= 15 is 0 Å². The summed E-state index contributed by atoms with van der Waals surface area (Å²) in [6, 6.07) is 2.36. The number of esters is 1. The first-order chi connectivity index (χ1) is 7.49. The van der Waals surface area contributed by atoms with Gasteiger partial charge in [-0.3, -0.25) is 10.1 Å². The van der Waals surface area contributed by atoms with Crippen molar-refractivity contribution >= 4 is 27.6 Å². The molecule has 0 radical (unpaired) electrons. The fraction of sp³-hybridized carbons (Fsp3) is 0.222. The molecule has 0 unspecified atom stereocenters. The van der Waals surface area contributed by atoms with Crippen LogP contribution in [0.2, 0.25) is 0 Å². The van der Waals surface area contributed by atoms with Gasteiger partial charge in [-0.25, -0.2) is 4.79 Å². The molecule has 0 spiro atoms. The molecule has 0 atom stereocenters. The highest BCUT2D eigenvalue weighted by Gasteiger charge is 2.27. The number of ether oxygens (including phenoxy) is 1. The summed E-state index contributed by atoms with van der Waals surface area (Å²) >= 11 is 2.81. The molecule has 1 rings (SSSR count). The van der Waals surface area contributed by atoms with E-state index in [-0.39, 0.29) is 11.1 Å². The average Bonchev–Trinajstić information content (AvgIpc) is 2.21. The quantitative estimate of drug-likeness (QED) is 0.488. The lowest BCUT2D eigenvalue weighted by Crippen LogP contribution is -2.09. The molecule has 0 fully saturated rings. The molecule has 0 aliphatic carbocycles. The number of nitrogens with zero attached hydrogens (tertiary/aromatic N) is 1. The largest absolute Gasteiger partial charge is 0.462 e. The Morgan fingerprint density at radius 3 is 2.75 bits per heavy atom. The predicted molar refractivity (Wildman–Crippen MR) is 56.7 cm³/mol. The number of halogens is 2. The molecule has 0 heterocycles. The Labute approximate surface area is 98.5 Å². The number of hydrogen-bond donors (Lipinski definition) is 0. The third-order valence-corrected chi connectivity index (χ3v) is 2.36. The van der Waals surface area contributed by atoms with Crippen molar-refractivity contribution in [1.82, 2.24) is 0 Å². The van der Waals surface area contributed by atoms with Gasteiger partial charge in [-0.2, -0.15) is 4.39 Å². The highest BCUT2D eigenvalue weighted by molar-refractivity contribution is 9.10. The van der Waals surface area contributed by atoms with Crippen LogP contribution >= 0.6 is 15.9 Å². The highest BCUT2D eigenvalue weighted by Crippen LogP contribution is 2.29. The number of benzene rings is 1. The Morgan fingerprint density at radius 2 is 2.25 bits per heavy atom. The van der Waals surface area contributed by atoms with Crippen molar-refractivity contribution in [3.8, 4) is 0 Å². The molecule has 16 heavy (non-hydrogen) atoms. The third kappa shape index (κ3) is 2.35. The second kappa shape index (κ2) is 5.02. The number of carbonyl (C=O) groups excluding carboxylic acids is 1. The molecule has 5 nitrogen and oxygen atoms in total. The molecule has 86 valence electrons. The zero-order chi connectivity index (χ0) is 12.3. The molecule has 7 heteroatoms. The molecular formula is C9H7BrFNO4. The molecule has 0 saturated carbocycles. The molecule has 0 saturated heterocycles. The zero-order valence-corrected chi connectivity index (χ0v) is 9.78. The van der Waals surface area contributed by atoms with E-state index in [0.29, 0.717) is 0 Å². The van der Waals surface area contributed by atoms with E-state index in [1.807, 2.05) is 0 Å². The van der Waals surface area contributed by atoms with Crippen LogP contribution in [-0.4, -0.2) is 17.5 Å². The monoisotopic (exact) mass is 291 g/mol. The lowest BCUT2D eigenvalue weighted by Gasteiger charge is -2.04. The fourth-order valence-electron chi connectivity index (χ4n) is 1.09. The van der Waals surface area contributed by atoms with Gasteiger partial charge < -0.3 is 4.74 Å². The molecule has 1 aromatic carbocycles. The maximum absolute atomic E-state index is 13.4. The highest BCUT2D eigenvalue weighted by atomic mass is 79.9. The molecule has 0 amide bonds. The van der Waals surface area contributed by atoms with Crippen LogP contribution in [0.1, 0.15) is 17.3 Å². The molecule has 0 bridgehead atoms. The Balaban J connectivity index is 3.34. The lowest BCUT2D eigenvalue weighted by atomic mass is 10.2. The lowest BCUT2D eigenvalue weighted by molar-refractivity contribution is -0.388. The van der Waals surface area contributed by atoms with Gasteiger partial charge in [-0.15, -0.1) is 0 Å². The van der Waals surface area contributed by atoms with Crippen molar-refractivity contribution in [3.63, 3.8) is 0 Å². The van der Waals surface area contributed by atoms with E-state index in [1.54, 1.807) is 6.92 Å². The first-order valence-electron chi connectivity index (χ1n) is 4.28. The normalized spacial score (nSPS) is 9.94. The standard InChI is InChI=1S/C9H7BrFNO4/c1-2-16-9(13)5-3-4-6(10)7(11)8(5)12(14)15/h3-4H,2H2,1H3. The van der Waals surface area contributed by atoms with Crippen LogP contribution < -0.4 is 0 Å². The molecule has 0 aliphatic rings. The van der Waals surface area contributed by atoms with Crippen molar-refractivity contribution in [2.24, 2.45) is 0 Å². The molecule has 1 aromatic rings. The van der Waals surface area contributed by atoms with Crippen molar-refractivity contribution < 1.29 is 18.8 Å². The Bertz CT molecular complexity index is 449. The van der Waals surface area contributed by atoms with Gasteiger partial charge in [0.25, 0.3) is 0 Å². The van der Waals surface area contributed by atoms with Gasteiger partial charge >= 0.3 is 11.7 Å². The van der Waals surface area contributed by atoms with Crippen LogP contribution in [0.15, 0.2) is 16.6 Å². The van der Waals surface area contributed by atoms with Gasteiger partial charge in [0, 0.05) is 0 Å². The topological polar surface area (TPSA) is 69.4 Å². The predicted octanol–water partition coefficient (Wildman–Crippen LogP) is 2.67. The van der Waals surface area contributed by atoms with Crippen molar-refractivity contribution in [2.75, 3.05) is 6.61 Å². The SMILES string of the molecule is CCOC(=O)c1ccc(Br)c(F)c1[N+](=O)[O-]. The Kier molecular flexibility index (Phi) is 3.94. The van der Waals surface area contributed by atoms with Gasteiger partial charge in [0.2, 0.25) is 5.82 Å². The summed E-state index contributed by atoms with van der Waals surface area (Å²) in [7, 11) is 0. The van der Waals surface area contributed by atoms with Gasteiger partial charge in [0.1, 0.15) is 5.56 Å². The van der Waals surface area contributed by atoms with Gasteiger partial charge in [-0.1, -0.05) is 0 Å².